The van der Waals surface area contributed by atoms with Crippen LogP contribution >= 0.6 is 11.6 Å². The number of halogens is 1. The normalized spacial score (nSPS) is 11.0. The predicted octanol–water partition coefficient (Wildman–Crippen LogP) is 2.99. The van der Waals surface area contributed by atoms with Gasteiger partial charge in [0.1, 0.15) is 17.2 Å². The van der Waals surface area contributed by atoms with Crippen molar-refractivity contribution in [3.8, 4) is 5.69 Å². The van der Waals surface area contributed by atoms with Gasteiger partial charge in [0.2, 0.25) is 0 Å². The van der Waals surface area contributed by atoms with Gasteiger partial charge in [-0.05, 0) is 26.0 Å². The van der Waals surface area contributed by atoms with Crippen LogP contribution in [0.2, 0.25) is 5.15 Å². The number of nitro benzene ring substituents is 1. The van der Waals surface area contributed by atoms with Gasteiger partial charge in [-0.3, -0.25) is 14.7 Å². The lowest BCUT2D eigenvalue weighted by molar-refractivity contribution is -0.384. The van der Waals surface area contributed by atoms with Crippen molar-refractivity contribution < 1.29 is 4.92 Å². The molecule has 3 aromatic rings. The number of non-ortho nitro benzene ring substituents is 1. The van der Waals surface area contributed by atoms with Gasteiger partial charge in [0, 0.05) is 17.8 Å². The van der Waals surface area contributed by atoms with E-state index in [0.717, 1.165) is 5.69 Å². The standard InChI is InChI=1S/C13H10ClN5O2/c1-7-15-12(14)11-13(16-7)17-8(2)18(11)9-3-5-10(6-4-9)19(20)21/h3-6H,1-2H3. The molecular formula is C13H10ClN5O2. The Bertz CT molecular complexity index is 857. The minimum atomic E-state index is -0.442. The number of rotatable bonds is 2. The first-order valence-electron chi connectivity index (χ1n) is 6.11. The molecule has 0 saturated carbocycles. The molecule has 8 heteroatoms. The molecular weight excluding hydrogens is 294 g/mol. The number of nitro groups is 1. The lowest BCUT2D eigenvalue weighted by atomic mass is 10.2. The zero-order chi connectivity index (χ0) is 15.1. The van der Waals surface area contributed by atoms with Crippen molar-refractivity contribution in [2.75, 3.05) is 0 Å². The van der Waals surface area contributed by atoms with E-state index in [1.165, 1.54) is 12.1 Å². The van der Waals surface area contributed by atoms with Crippen LogP contribution in [0.4, 0.5) is 5.69 Å². The Balaban J connectivity index is 2.24. The molecule has 106 valence electrons. The molecule has 0 atom stereocenters. The Morgan fingerprint density at radius 2 is 1.81 bits per heavy atom. The molecule has 0 fully saturated rings. The molecule has 0 bridgehead atoms. The molecule has 0 aliphatic heterocycles. The zero-order valence-corrected chi connectivity index (χ0v) is 12.0. The fraction of sp³-hybridized carbons (Fsp3) is 0.154. The molecule has 0 N–H and O–H groups in total. The predicted molar refractivity (Wildman–Crippen MR) is 77.8 cm³/mol. The topological polar surface area (TPSA) is 86.7 Å². The van der Waals surface area contributed by atoms with E-state index in [1.54, 1.807) is 23.6 Å². The van der Waals surface area contributed by atoms with Crippen LogP contribution in [0.15, 0.2) is 24.3 Å². The van der Waals surface area contributed by atoms with Crippen LogP contribution in [0, 0.1) is 24.0 Å². The maximum Gasteiger partial charge on any atom is 0.269 e. The molecule has 0 spiro atoms. The van der Waals surface area contributed by atoms with Crippen molar-refractivity contribution in [3.63, 3.8) is 0 Å². The Morgan fingerprint density at radius 3 is 2.43 bits per heavy atom. The first-order chi connectivity index (χ1) is 9.97. The van der Waals surface area contributed by atoms with Crippen molar-refractivity contribution in [1.82, 2.24) is 19.5 Å². The second kappa shape index (κ2) is 4.78. The van der Waals surface area contributed by atoms with Crippen LogP contribution < -0.4 is 0 Å². The molecule has 1 aromatic carbocycles. The van der Waals surface area contributed by atoms with Crippen LogP contribution in [0.25, 0.3) is 16.9 Å². The zero-order valence-electron chi connectivity index (χ0n) is 11.2. The van der Waals surface area contributed by atoms with Crippen molar-refractivity contribution in [1.29, 1.82) is 0 Å². The largest absolute Gasteiger partial charge is 0.292 e. The molecule has 0 radical (unpaired) electrons. The van der Waals surface area contributed by atoms with E-state index in [9.17, 15) is 10.1 Å². The molecule has 0 amide bonds. The summed E-state index contributed by atoms with van der Waals surface area (Å²) >= 11 is 6.19. The van der Waals surface area contributed by atoms with Crippen LogP contribution in [-0.4, -0.2) is 24.4 Å². The molecule has 0 unspecified atom stereocenters. The van der Waals surface area contributed by atoms with Gasteiger partial charge in [0.05, 0.1) is 4.92 Å². The highest BCUT2D eigenvalue weighted by Crippen LogP contribution is 2.26. The highest BCUT2D eigenvalue weighted by atomic mass is 35.5. The summed E-state index contributed by atoms with van der Waals surface area (Å²) in [5.41, 5.74) is 1.84. The van der Waals surface area contributed by atoms with Crippen LogP contribution in [-0.2, 0) is 0 Å². The van der Waals surface area contributed by atoms with Crippen molar-refractivity contribution in [3.05, 3.63) is 51.2 Å². The van der Waals surface area contributed by atoms with E-state index in [0.29, 0.717) is 28.0 Å². The first kappa shape index (κ1) is 13.4. The summed E-state index contributed by atoms with van der Waals surface area (Å²) < 4.78 is 1.78. The SMILES string of the molecule is Cc1nc(Cl)c2c(n1)nc(C)n2-c1ccc([N+](=O)[O-])cc1. The number of aromatic nitrogens is 4. The summed E-state index contributed by atoms with van der Waals surface area (Å²) in [6.45, 7) is 3.56. The second-order valence-electron chi connectivity index (χ2n) is 4.50. The minimum Gasteiger partial charge on any atom is -0.292 e. The van der Waals surface area contributed by atoms with Crippen LogP contribution in [0.3, 0.4) is 0 Å². The second-order valence-corrected chi connectivity index (χ2v) is 4.86. The number of hydrogen-bond acceptors (Lipinski definition) is 5. The molecule has 0 aliphatic carbocycles. The van der Waals surface area contributed by atoms with Gasteiger partial charge in [0.25, 0.3) is 5.69 Å². The number of imidazole rings is 1. The third-order valence-corrected chi connectivity index (χ3v) is 3.33. The Kier molecular flexibility index (Phi) is 3.06. The van der Waals surface area contributed by atoms with Crippen LogP contribution in [0.5, 0.6) is 0 Å². The number of aryl methyl sites for hydroxylation is 2. The lowest BCUT2D eigenvalue weighted by Crippen LogP contribution is -1.99. The molecule has 0 saturated heterocycles. The fourth-order valence-electron chi connectivity index (χ4n) is 2.19. The number of hydrogen-bond donors (Lipinski definition) is 0. The summed E-state index contributed by atoms with van der Waals surface area (Å²) in [6.07, 6.45) is 0. The monoisotopic (exact) mass is 303 g/mol. The fourth-order valence-corrected chi connectivity index (χ4v) is 2.48. The van der Waals surface area contributed by atoms with Gasteiger partial charge in [-0.1, -0.05) is 11.6 Å². The molecule has 2 heterocycles. The molecule has 7 nitrogen and oxygen atoms in total. The Hall–Kier alpha value is -2.54. The summed E-state index contributed by atoms with van der Waals surface area (Å²) in [4.78, 5) is 23.0. The van der Waals surface area contributed by atoms with Gasteiger partial charge in [-0.15, -0.1) is 0 Å². The van der Waals surface area contributed by atoms with Gasteiger partial charge in [-0.25, -0.2) is 15.0 Å². The molecule has 0 aliphatic rings. The van der Waals surface area contributed by atoms with E-state index >= 15 is 0 Å². The third kappa shape index (κ3) is 2.21. The number of fused-ring (bicyclic) bond motifs is 1. The van der Waals surface area contributed by atoms with Crippen molar-refractivity contribution >= 4 is 28.5 Å². The van der Waals surface area contributed by atoms with Crippen molar-refractivity contribution in [2.24, 2.45) is 0 Å². The molecule has 2 aromatic heterocycles. The average molecular weight is 304 g/mol. The maximum absolute atomic E-state index is 10.7. The van der Waals surface area contributed by atoms with Crippen molar-refractivity contribution in [2.45, 2.75) is 13.8 Å². The third-order valence-electron chi connectivity index (χ3n) is 3.07. The summed E-state index contributed by atoms with van der Waals surface area (Å²) in [5, 5.41) is 11.0. The number of nitrogens with zero attached hydrogens (tertiary/aromatic N) is 5. The lowest BCUT2D eigenvalue weighted by Gasteiger charge is -2.07. The Labute approximate surface area is 124 Å². The highest BCUT2D eigenvalue weighted by molar-refractivity contribution is 6.33. The summed E-state index contributed by atoms with van der Waals surface area (Å²) in [5.74, 6) is 1.22. The van der Waals surface area contributed by atoms with E-state index in [4.69, 9.17) is 11.6 Å². The van der Waals surface area contributed by atoms with E-state index < -0.39 is 4.92 Å². The number of benzene rings is 1. The smallest absolute Gasteiger partial charge is 0.269 e. The molecule has 3 rings (SSSR count). The van der Waals surface area contributed by atoms with Crippen LogP contribution in [0.1, 0.15) is 11.6 Å². The average Bonchev–Trinajstić information content (AvgIpc) is 2.75. The highest BCUT2D eigenvalue weighted by Gasteiger charge is 2.16. The van der Waals surface area contributed by atoms with Gasteiger partial charge in [-0.2, -0.15) is 0 Å². The minimum absolute atomic E-state index is 0.0269. The quantitative estimate of drug-likeness (QED) is 0.412. The first-order valence-corrected chi connectivity index (χ1v) is 6.49. The van der Waals surface area contributed by atoms with Gasteiger partial charge in [0.15, 0.2) is 10.8 Å². The Morgan fingerprint density at radius 1 is 1.14 bits per heavy atom. The van der Waals surface area contributed by atoms with E-state index in [2.05, 4.69) is 15.0 Å². The molecule has 21 heavy (non-hydrogen) atoms. The van der Waals surface area contributed by atoms with E-state index in [1.807, 2.05) is 6.92 Å². The van der Waals surface area contributed by atoms with Gasteiger partial charge >= 0.3 is 0 Å². The van der Waals surface area contributed by atoms with Gasteiger partial charge < -0.3 is 0 Å². The van der Waals surface area contributed by atoms with E-state index in [-0.39, 0.29) is 5.69 Å². The summed E-state index contributed by atoms with van der Waals surface area (Å²) in [7, 11) is 0. The summed E-state index contributed by atoms with van der Waals surface area (Å²) in [6, 6.07) is 6.15. The maximum atomic E-state index is 10.7.